The zero-order chi connectivity index (χ0) is 16.6. The summed E-state index contributed by atoms with van der Waals surface area (Å²) in [5, 5.41) is 0. The molecule has 0 radical (unpaired) electrons. The van der Waals surface area contributed by atoms with Crippen molar-refractivity contribution in [1.82, 2.24) is 0 Å². The van der Waals surface area contributed by atoms with Gasteiger partial charge in [0.05, 0.1) is 5.69 Å². The maximum Gasteiger partial charge on any atom is 0.304 e. The fourth-order valence-corrected chi connectivity index (χ4v) is 3.44. The van der Waals surface area contributed by atoms with Gasteiger partial charge in [0.25, 0.3) is 5.91 Å². The van der Waals surface area contributed by atoms with E-state index in [1.54, 1.807) is 4.90 Å². The van der Waals surface area contributed by atoms with Gasteiger partial charge in [-0.3, -0.25) is 9.59 Å². The van der Waals surface area contributed by atoms with Crippen molar-refractivity contribution in [2.24, 2.45) is 0 Å². The average Bonchev–Trinajstić information content (AvgIpc) is 2.77. The molecule has 0 fully saturated rings. The summed E-state index contributed by atoms with van der Waals surface area (Å²) in [6.07, 6.45) is 0. The molecule has 1 atom stereocenters. The number of halogens is 1. The fraction of sp³-hybridized carbons (Fsp3) is 0.222. The summed E-state index contributed by atoms with van der Waals surface area (Å²) >= 11 is 3.45. The summed E-state index contributed by atoms with van der Waals surface area (Å²) in [7, 11) is 0. The second-order valence-corrected chi connectivity index (χ2v) is 6.27. The van der Waals surface area contributed by atoms with Crippen LogP contribution in [0.2, 0.25) is 0 Å². The van der Waals surface area contributed by atoms with Gasteiger partial charge in [-0.1, -0.05) is 46.3 Å². The molecule has 0 saturated heterocycles. The third-order valence-corrected chi connectivity index (χ3v) is 4.46. The van der Waals surface area contributed by atoms with E-state index < -0.39 is 11.6 Å². The molecular weight excluding hydrogens is 358 g/mol. The highest BCUT2D eigenvalue weighted by Crippen LogP contribution is 2.47. The summed E-state index contributed by atoms with van der Waals surface area (Å²) in [6, 6.07) is 14.7. The van der Waals surface area contributed by atoms with E-state index in [2.05, 4.69) is 15.9 Å². The predicted molar refractivity (Wildman–Crippen MR) is 91.2 cm³/mol. The number of fused-ring (bicyclic) bond motifs is 1. The number of amides is 1. The van der Waals surface area contributed by atoms with Crippen LogP contribution in [0.15, 0.2) is 53.0 Å². The van der Waals surface area contributed by atoms with Crippen LogP contribution in [0.25, 0.3) is 0 Å². The monoisotopic (exact) mass is 373 g/mol. The summed E-state index contributed by atoms with van der Waals surface area (Å²) < 4.78 is 6.49. The van der Waals surface area contributed by atoms with Gasteiger partial charge < -0.3 is 9.64 Å². The molecule has 0 bridgehead atoms. The number of nitrogens with zero attached hydrogens (tertiary/aromatic N) is 1. The molecule has 1 aliphatic heterocycles. The van der Waals surface area contributed by atoms with Gasteiger partial charge in [-0.25, -0.2) is 0 Å². The lowest BCUT2D eigenvalue weighted by Crippen LogP contribution is -2.44. The van der Waals surface area contributed by atoms with Gasteiger partial charge in [-0.05, 0) is 25.1 Å². The van der Waals surface area contributed by atoms with E-state index in [-0.39, 0.29) is 5.91 Å². The van der Waals surface area contributed by atoms with Crippen LogP contribution in [-0.2, 0) is 19.9 Å². The van der Waals surface area contributed by atoms with Crippen molar-refractivity contribution in [2.75, 3.05) is 11.4 Å². The molecule has 118 valence electrons. The normalized spacial score (nSPS) is 19.6. The molecule has 0 aromatic heterocycles. The number of carbonyl (C=O) groups is 2. The molecule has 1 heterocycles. The van der Waals surface area contributed by atoms with Gasteiger partial charge in [-0.15, -0.1) is 0 Å². The Hall–Kier alpha value is -2.14. The van der Waals surface area contributed by atoms with Crippen LogP contribution in [0.3, 0.4) is 0 Å². The van der Waals surface area contributed by atoms with Crippen molar-refractivity contribution < 1.29 is 14.3 Å². The summed E-state index contributed by atoms with van der Waals surface area (Å²) in [4.78, 5) is 26.7. The van der Waals surface area contributed by atoms with Gasteiger partial charge in [0.15, 0.2) is 0 Å². The highest BCUT2D eigenvalue weighted by Gasteiger charge is 2.55. The number of rotatable bonds is 3. The summed E-state index contributed by atoms with van der Waals surface area (Å²) in [5.41, 5.74) is 0.670. The second kappa shape index (κ2) is 5.81. The van der Waals surface area contributed by atoms with Gasteiger partial charge in [0.1, 0.15) is 0 Å². The summed E-state index contributed by atoms with van der Waals surface area (Å²) in [6.45, 7) is 3.73. The molecule has 0 spiro atoms. The third kappa shape index (κ3) is 2.36. The molecule has 4 nitrogen and oxygen atoms in total. The van der Waals surface area contributed by atoms with Crippen LogP contribution < -0.4 is 4.90 Å². The number of likely N-dealkylation sites (N-methyl/N-ethyl adjacent to an activating group) is 1. The van der Waals surface area contributed by atoms with Crippen molar-refractivity contribution in [3.05, 3.63) is 64.1 Å². The predicted octanol–water partition coefficient (Wildman–Crippen LogP) is 3.62. The first kappa shape index (κ1) is 15.7. The highest BCUT2D eigenvalue weighted by atomic mass is 79.9. The molecule has 0 N–H and O–H groups in total. The Bertz CT molecular complexity index is 775. The minimum atomic E-state index is -1.43. The Morgan fingerprint density at radius 1 is 1.22 bits per heavy atom. The first-order chi connectivity index (χ1) is 11.0. The van der Waals surface area contributed by atoms with E-state index in [1.165, 1.54) is 6.92 Å². The maximum absolute atomic E-state index is 13.2. The van der Waals surface area contributed by atoms with Gasteiger partial charge in [-0.2, -0.15) is 0 Å². The summed E-state index contributed by atoms with van der Waals surface area (Å²) in [5.74, 6) is -0.736. The van der Waals surface area contributed by atoms with Crippen LogP contribution in [0.5, 0.6) is 0 Å². The molecule has 0 saturated carbocycles. The Kier molecular flexibility index (Phi) is 3.98. The first-order valence-corrected chi connectivity index (χ1v) is 8.17. The van der Waals surface area contributed by atoms with E-state index in [1.807, 2.05) is 55.5 Å². The van der Waals surface area contributed by atoms with Gasteiger partial charge in [0, 0.05) is 29.1 Å². The SMILES string of the molecule is CCN1C(=O)C(OC(C)=O)(c2ccccc2)c2cc(Br)ccc21. The molecule has 0 aliphatic carbocycles. The second-order valence-electron chi connectivity index (χ2n) is 5.35. The molecule has 3 rings (SSSR count). The number of anilines is 1. The molecule has 2 aromatic carbocycles. The van der Waals surface area contributed by atoms with Gasteiger partial charge in [0.2, 0.25) is 5.60 Å². The number of esters is 1. The average molecular weight is 374 g/mol. The first-order valence-electron chi connectivity index (χ1n) is 7.37. The van der Waals surface area contributed by atoms with Crippen molar-refractivity contribution in [2.45, 2.75) is 19.4 Å². The number of carbonyl (C=O) groups excluding carboxylic acids is 2. The Morgan fingerprint density at radius 3 is 2.52 bits per heavy atom. The fourth-order valence-electron chi connectivity index (χ4n) is 3.08. The number of hydrogen-bond acceptors (Lipinski definition) is 3. The minimum absolute atomic E-state index is 0.241. The lowest BCUT2D eigenvalue weighted by Gasteiger charge is -2.28. The number of ether oxygens (including phenoxy) is 1. The quantitative estimate of drug-likeness (QED) is 0.771. The zero-order valence-electron chi connectivity index (χ0n) is 12.9. The number of hydrogen-bond donors (Lipinski definition) is 0. The van der Waals surface area contributed by atoms with Crippen LogP contribution in [0.1, 0.15) is 25.0 Å². The number of benzene rings is 2. The molecule has 1 unspecified atom stereocenters. The van der Waals surface area contributed by atoms with E-state index in [4.69, 9.17) is 4.74 Å². The van der Waals surface area contributed by atoms with E-state index in [0.717, 1.165) is 10.2 Å². The largest absolute Gasteiger partial charge is 0.439 e. The minimum Gasteiger partial charge on any atom is -0.439 e. The van der Waals surface area contributed by atoms with Gasteiger partial charge >= 0.3 is 5.97 Å². The molecule has 5 heteroatoms. The maximum atomic E-state index is 13.2. The van der Waals surface area contributed by atoms with Crippen molar-refractivity contribution in [3.8, 4) is 0 Å². The van der Waals surface area contributed by atoms with E-state index in [9.17, 15) is 9.59 Å². The lowest BCUT2D eigenvalue weighted by atomic mass is 9.87. The highest BCUT2D eigenvalue weighted by molar-refractivity contribution is 9.10. The smallest absolute Gasteiger partial charge is 0.304 e. The van der Waals surface area contributed by atoms with Crippen molar-refractivity contribution in [3.63, 3.8) is 0 Å². The van der Waals surface area contributed by atoms with Crippen molar-refractivity contribution in [1.29, 1.82) is 0 Å². The Labute approximate surface area is 143 Å². The molecule has 2 aromatic rings. The molecular formula is C18H16BrNO3. The lowest BCUT2D eigenvalue weighted by molar-refractivity contribution is -0.161. The van der Waals surface area contributed by atoms with Crippen LogP contribution in [0.4, 0.5) is 5.69 Å². The van der Waals surface area contributed by atoms with E-state index >= 15 is 0 Å². The molecule has 1 aliphatic rings. The standard InChI is InChI=1S/C18H16BrNO3/c1-3-20-16-10-9-14(19)11-15(16)18(17(20)22,23-12(2)21)13-7-5-4-6-8-13/h4-11H,3H2,1-2H3. The third-order valence-electron chi connectivity index (χ3n) is 3.97. The van der Waals surface area contributed by atoms with Crippen molar-refractivity contribution >= 4 is 33.5 Å². The Balaban J connectivity index is 2.33. The van der Waals surface area contributed by atoms with E-state index in [0.29, 0.717) is 17.7 Å². The zero-order valence-corrected chi connectivity index (χ0v) is 14.5. The molecule has 1 amide bonds. The van der Waals surface area contributed by atoms with Crippen LogP contribution in [0, 0.1) is 0 Å². The van der Waals surface area contributed by atoms with Crippen LogP contribution in [-0.4, -0.2) is 18.4 Å². The Morgan fingerprint density at radius 2 is 1.91 bits per heavy atom. The topological polar surface area (TPSA) is 46.6 Å². The van der Waals surface area contributed by atoms with Crippen LogP contribution >= 0.6 is 15.9 Å². The molecule has 23 heavy (non-hydrogen) atoms.